The van der Waals surface area contributed by atoms with Crippen LogP contribution in [-0.2, 0) is 11.2 Å². The van der Waals surface area contributed by atoms with Gasteiger partial charge in [-0.2, -0.15) is 0 Å². The van der Waals surface area contributed by atoms with Crippen LogP contribution in [0.25, 0.3) is 11.1 Å². The van der Waals surface area contributed by atoms with Crippen molar-refractivity contribution in [2.75, 3.05) is 26.2 Å². The van der Waals surface area contributed by atoms with E-state index < -0.39 is 0 Å². The lowest BCUT2D eigenvalue weighted by atomic mass is 9.94. The number of aromatic nitrogens is 2. The predicted molar refractivity (Wildman–Crippen MR) is 129 cm³/mol. The first-order chi connectivity index (χ1) is 16.0. The molecule has 0 radical (unpaired) electrons. The molecule has 6 nitrogen and oxygen atoms in total. The lowest BCUT2D eigenvalue weighted by Gasteiger charge is -2.24. The second-order valence-corrected chi connectivity index (χ2v) is 8.64. The summed E-state index contributed by atoms with van der Waals surface area (Å²) in [5.74, 6) is -0.354. The fraction of sp³-hybridized carbons (Fsp3) is 0.333. The van der Waals surface area contributed by atoms with Crippen molar-refractivity contribution in [2.45, 2.75) is 26.7 Å². The Bertz CT molecular complexity index is 1120. The number of benzene rings is 2. The quantitative estimate of drug-likeness (QED) is 0.579. The SMILES string of the molecule is CCCN1CCN(C(=O)c2cnccn2)CC(Cc2cccc(-c3cccc(C)c3)c2)C1=O. The standard InChI is InChI=1S/C27H30N4O2/c1-3-12-30-13-14-31(27(33)25-18-28-10-11-29-25)19-24(26(30)32)17-21-7-5-9-23(16-21)22-8-4-6-20(2)15-22/h4-11,15-16,18,24H,3,12-14,17,19H2,1-2H3. The average Bonchev–Trinajstić information content (AvgIpc) is 2.99. The number of carbonyl (C=O) groups is 2. The highest BCUT2D eigenvalue weighted by Crippen LogP contribution is 2.24. The highest BCUT2D eigenvalue weighted by atomic mass is 16.2. The molecule has 2 aromatic carbocycles. The molecule has 1 aliphatic rings. The van der Waals surface area contributed by atoms with E-state index in [1.165, 1.54) is 18.0 Å². The maximum absolute atomic E-state index is 13.4. The lowest BCUT2D eigenvalue weighted by Crippen LogP contribution is -2.38. The fourth-order valence-corrected chi connectivity index (χ4v) is 4.43. The van der Waals surface area contributed by atoms with Gasteiger partial charge >= 0.3 is 0 Å². The molecule has 1 aliphatic heterocycles. The molecule has 33 heavy (non-hydrogen) atoms. The normalized spacial score (nSPS) is 16.5. The summed E-state index contributed by atoms with van der Waals surface area (Å²) in [7, 11) is 0. The monoisotopic (exact) mass is 442 g/mol. The molecule has 2 amide bonds. The molecule has 6 heteroatoms. The van der Waals surface area contributed by atoms with Crippen LogP contribution < -0.4 is 0 Å². The van der Waals surface area contributed by atoms with Gasteiger partial charge in [0.2, 0.25) is 5.91 Å². The van der Waals surface area contributed by atoms with Gasteiger partial charge in [-0.05, 0) is 36.5 Å². The van der Waals surface area contributed by atoms with Crippen LogP contribution in [0.2, 0.25) is 0 Å². The first-order valence-corrected chi connectivity index (χ1v) is 11.5. The van der Waals surface area contributed by atoms with Crippen LogP contribution >= 0.6 is 0 Å². The number of nitrogens with zero attached hydrogens (tertiary/aromatic N) is 4. The summed E-state index contributed by atoms with van der Waals surface area (Å²) in [5, 5.41) is 0. The van der Waals surface area contributed by atoms with Crippen LogP contribution in [0, 0.1) is 12.8 Å². The van der Waals surface area contributed by atoms with Crippen molar-refractivity contribution in [3.05, 3.63) is 83.9 Å². The molecule has 0 N–H and O–H groups in total. The predicted octanol–water partition coefficient (Wildman–Crippen LogP) is 4.01. The van der Waals surface area contributed by atoms with Crippen LogP contribution in [0.4, 0.5) is 0 Å². The van der Waals surface area contributed by atoms with Gasteiger partial charge in [0.15, 0.2) is 0 Å². The maximum Gasteiger partial charge on any atom is 0.274 e. The van der Waals surface area contributed by atoms with Crippen molar-refractivity contribution in [3.8, 4) is 11.1 Å². The van der Waals surface area contributed by atoms with E-state index in [9.17, 15) is 9.59 Å². The minimum Gasteiger partial charge on any atom is -0.341 e. The third-order valence-corrected chi connectivity index (χ3v) is 6.07. The first kappa shape index (κ1) is 22.6. The molecule has 2 heterocycles. The minimum atomic E-state index is -0.299. The molecular weight excluding hydrogens is 412 g/mol. The summed E-state index contributed by atoms with van der Waals surface area (Å²) >= 11 is 0. The second kappa shape index (κ2) is 10.4. The smallest absolute Gasteiger partial charge is 0.274 e. The highest BCUT2D eigenvalue weighted by Gasteiger charge is 2.32. The Labute approximate surface area is 195 Å². The molecule has 1 atom stereocenters. The van der Waals surface area contributed by atoms with E-state index in [0.29, 0.717) is 38.3 Å². The molecule has 0 aliphatic carbocycles. The van der Waals surface area contributed by atoms with E-state index in [1.807, 2.05) is 11.0 Å². The van der Waals surface area contributed by atoms with Gasteiger partial charge in [0.25, 0.3) is 5.91 Å². The van der Waals surface area contributed by atoms with Crippen molar-refractivity contribution in [3.63, 3.8) is 0 Å². The molecule has 1 aromatic heterocycles. The molecule has 0 spiro atoms. The number of carbonyl (C=O) groups excluding carboxylic acids is 2. The number of rotatable bonds is 6. The Morgan fingerprint density at radius 3 is 2.58 bits per heavy atom. The van der Waals surface area contributed by atoms with Gasteiger partial charge in [0.05, 0.1) is 12.1 Å². The first-order valence-electron chi connectivity index (χ1n) is 11.5. The van der Waals surface area contributed by atoms with Gasteiger partial charge in [0.1, 0.15) is 5.69 Å². The number of hydrogen-bond donors (Lipinski definition) is 0. The Balaban J connectivity index is 1.59. The van der Waals surface area contributed by atoms with Gasteiger partial charge in [-0.15, -0.1) is 0 Å². The lowest BCUT2D eigenvalue weighted by molar-refractivity contribution is -0.134. The van der Waals surface area contributed by atoms with E-state index in [2.05, 4.69) is 66.3 Å². The van der Waals surface area contributed by atoms with Crippen molar-refractivity contribution in [1.82, 2.24) is 19.8 Å². The third-order valence-electron chi connectivity index (χ3n) is 6.07. The largest absolute Gasteiger partial charge is 0.341 e. The van der Waals surface area contributed by atoms with E-state index in [0.717, 1.165) is 23.1 Å². The zero-order chi connectivity index (χ0) is 23.2. The summed E-state index contributed by atoms with van der Waals surface area (Å²) in [6.07, 6.45) is 6.03. The van der Waals surface area contributed by atoms with Crippen LogP contribution in [0.3, 0.4) is 0 Å². The average molecular weight is 443 g/mol. The number of hydrogen-bond acceptors (Lipinski definition) is 4. The van der Waals surface area contributed by atoms with Gasteiger partial charge in [-0.3, -0.25) is 14.6 Å². The third kappa shape index (κ3) is 5.45. The summed E-state index contributed by atoms with van der Waals surface area (Å²) in [5.41, 5.74) is 4.92. The van der Waals surface area contributed by atoms with Crippen LogP contribution in [0.5, 0.6) is 0 Å². The Morgan fingerprint density at radius 1 is 1.06 bits per heavy atom. The van der Waals surface area contributed by atoms with Crippen LogP contribution in [0.15, 0.2) is 67.1 Å². The molecule has 170 valence electrons. The minimum absolute atomic E-state index is 0.118. The Morgan fingerprint density at radius 2 is 1.85 bits per heavy atom. The van der Waals surface area contributed by atoms with E-state index in [4.69, 9.17) is 0 Å². The molecule has 3 aromatic rings. The molecule has 1 fully saturated rings. The van der Waals surface area contributed by atoms with Crippen molar-refractivity contribution in [2.24, 2.45) is 5.92 Å². The fourth-order valence-electron chi connectivity index (χ4n) is 4.43. The van der Waals surface area contributed by atoms with E-state index >= 15 is 0 Å². The highest BCUT2D eigenvalue weighted by molar-refractivity contribution is 5.92. The molecular formula is C27H30N4O2. The molecule has 0 saturated carbocycles. The van der Waals surface area contributed by atoms with E-state index in [1.54, 1.807) is 11.1 Å². The summed E-state index contributed by atoms with van der Waals surface area (Å²) in [6.45, 7) is 6.28. The molecule has 4 rings (SSSR count). The van der Waals surface area contributed by atoms with Gasteiger partial charge < -0.3 is 9.80 Å². The Kier molecular flexibility index (Phi) is 7.13. The summed E-state index contributed by atoms with van der Waals surface area (Å²) in [6, 6.07) is 16.8. The van der Waals surface area contributed by atoms with E-state index in [-0.39, 0.29) is 17.7 Å². The van der Waals surface area contributed by atoms with Gasteiger partial charge in [0, 0.05) is 38.6 Å². The van der Waals surface area contributed by atoms with Crippen molar-refractivity contribution < 1.29 is 9.59 Å². The molecule has 0 bridgehead atoms. The summed E-state index contributed by atoms with van der Waals surface area (Å²) < 4.78 is 0. The molecule has 1 saturated heterocycles. The zero-order valence-electron chi connectivity index (χ0n) is 19.3. The number of aryl methyl sites for hydroxylation is 1. The topological polar surface area (TPSA) is 66.4 Å². The van der Waals surface area contributed by atoms with Crippen LogP contribution in [-0.4, -0.2) is 57.8 Å². The summed E-state index contributed by atoms with van der Waals surface area (Å²) in [4.78, 5) is 38.3. The molecule has 1 unspecified atom stereocenters. The maximum atomic E-state index is 13.4. The van der Waals surface area contributed by atoms with Crippen molar-refractivity contribution in [1.29, 1.82) is 0 Å². The van der Waals surface area contributed by atoms with Crippen molar-refractivity contribution >= 4 is 11.8 Å². The second-order valence-electron chi connectivity index (χ2n) is 8.64. The zero-order valence-corrected chi connectivity index (χ0v) is 19.3. The number of amides is 2. The van der Waals surface area contributed by atoms with Gasteiger partial charge in [-0.25, -0.2) is 4.98 Å². The van der Waals surface area contributed by atoms with Crippen LogP contribution in [0.1, 0.15) is 35.0 Å². The Hall–Kier alpha value is -3.54. The van der Waals surface area contributed by atoms with Gasteiger partial charge in [-0.1, -0.05) is 61.0 Å².